The fraction of sp³-hybridized carbons (Fsp3) is 0.556. The van der Waals surface area contributed by atoms with Crippen molar-refractivity contribution in [3.8, 4) is 0 Å². The third kappa shape index (κ3) is 4.87. The van der Waals surface area contributed by atoms with Crippen LogP contribution in [0.4, 0.5) is 9.18 Å². The molecule has 0 spiro atoms. The van der Waals surface area contributed by atoms with Crippen molar-refractivity contribution in [2.75, 3.05) is 18.8 Å². The number of carbonyl (C=O) groups is 2. The second-order valence-electron chi connectivity index (χ2n) is 6.66. The second-order valence-corrected chi connectivity index (χ2v) is 7.73. The van der Waals surface area contributed by atoms with Crippen LogP contribution in [0.15, 0.2) is 24.3 Å². The Morgan fingerprint density at radius 3 is 2.64 bits per heavy atom. The number of carbonyl (C=O) groups excluding carboxylic acids is 2. The number of nitrogens with one attached hydrogen (secondary N) is 1. The molecule has 1 aromatic rings. The van der Waals surface area contributed by atoms with Crippen molar-refractivity contribution in [1.82, 2.24) is 15.1 Å². The summed E-state index contributed by atoms with van der Waals surface area (Å²) in [6, 6.07) is 6.45. The van der Waals surface area contributed by atoms with Gasteiger partial charge in [-0.05, 0) is 33.8 Å². The van der Waals surface area contributed by atoms with Crippen LogP contribution in [0, 0.1) is 5.82 Å². The standard InChI is InChI=1S/C18H26FN3O2S/c1-12(2)20-18(24)21(13(3)4)9-10-22-16(23)11-25-17(22)14-7-5-6-8-15(14)19/h5-8,12-13,17H,9-11H2,1-4H3,(H,20,24)/t17-/m1/s1. The van der Waals surface area contributed by atoms with E-state index in [0.717, 1.165) is 0 Å². The first-order chi connectivity index (χ1) is 11.8. The Morgan fingerprint density at radius 2 is 2.04 bits per heavy atom. The summed E-state index contributed by atoms with van der Waals surface area (Å²) in [7, 11) is 0. The van der Waals surface area contributed by atoms with Gasteiger partial charge >= 0.3 is 6.03 Å². The normalized spacial score (nSPS) is 17.5. The molecule has 1 saturated heterocycles. The van der Waals surface area contributed by atoms with Crippen molar-refractivity contribution >= 4 is 23.7 Å². The van der Waals surface area contributed by atoms with Gasteiger partial charge in [0.05, 0.1) is 5.75 Å². The molecule has 0 saturated carbocycles. The number of benzene rings is 1. The first kappa shape index (κ1) is 19.6. The van der Waals surface area contributed by atoms with Gasteiger partial charge in [-0.3, -0.25) is 4.79 Å². The molecule has 1 heterocycles. The summed E-state index contributed by atoms with van der Waals surface area (Å²) < 4.78 is 14.1. The Morgan fingerprint density at radius 1 is 1.36 bits per heavy atom. The van der Waals surface area contributed by atoms with Gasteiger partial charge in [-0.1, -0.05) is 18.2 Å². The fourth-order valence-electron chi connectivity index (χ4n) is 2.77. The zero-order valence-electron chi connectivity index (χ0n) is 15.2. The summed E-state index contributed by atoms with van der Waals surface area (Å²) in [6.07, 6.45) is 0. The number of hydrogen-bond donors (Lipinski definition) is 1. The van der Waals surface area contributed by atoms with Gasteiger partial charge in [0.2, 0.25) is 5.91 Å². The van der Waals surface area contributed by atoms with Crippen molar-refractivity contribution in [3.05, 3.63) is 35.6 Å². The van der Waals surface area contributed by atoms with Crippen LogP contribution < -0.4 is 5.32 Å². The molecule has 1 aromatic carbocycles. The van der Waals surface area contributed by atoms with Crippen LogP contribution in [0.2, 0.25) is 0 Å². The third-order valence-corrected chi connectivity index (χ3v) is 5.26. The summed E-state index contributed by atoms with van der Waals surface area (Å²) in [5.41, 5.74) is 0.515. The molecule has 1 atom stereocenters. The van der Waals surface area contributed by atoms with Crippen molar-refractivity contribution in [1.29, 1.82) is 0 Å². The molecule has 1 N–H and O–H groups in total. The molecule has 0 aromatic heterocycles. The predicted molar refractivity (Wildman–Crippen MR) is 98.8 cm³/mol. The van der Waals surface area contributed by atoms with E-state index in [1.807, 2.05) is 27.7 Å². The molecule has 2 rings (SSSR count). The van der Waals surface area contributed by atoms with Gasteiger partial charge in [0.25, 0.3) is 0 Å². The zero-order valence-corrected chi connectivity index (χ0v) is 16.0. The molecule has 7 heteroatoms. The topological polar surface area (TPSA) is 52.7 Å². The second kappa shape index (κ2) is 8.56. The molecule has 0 aliphatic carbocycles. The summed E-state index contributed by atoms with van der Waals surface area (Å²) in [5, 5.41) is 2.54. The van der Waals surface area contributed by atoms with E-state index in [1.54, 1.807) is 28.0 Å². The van der Waals surface area contributed by atoms with E-state index in [4.69, 9.17) is 0 Å². The Hall–Kier alpha value is -1.76. The lowest BCUT2D eigenvalue weighted by molar-refractivity contribution is -0.128. The Labute approximate surface area is 152 Å². The maximum Gasteiger partial charge on any atom is 0.317 e. The largest absolute Gasteiger partial charge is 0.336 e. The van der Waals surface area contributed by atoms with Gasteiger partial charge in [-0.25, -0.2) is 9.18 Å². The number of hydrogen-bond acceptors (Lipinski definition) is 3. The van der Waals surface area contributed by atoms with Crippen LogP contribution >= 0.6 is 11.8 Å². The number of nitrogens with zero attached hydrogens (tertiary/aromatic N) is 2. The summed E-state index contributed by atoms with van der Waals surface area (Å²) >= 11 is 1.42. The van der Waals surface area contributed by atoms with Gasteiger partial charge in [-0.15, -0.1) is 11.8 Å². The average Bonchev–Trinajstić information content (AvgIpc) is 2.88. The highest BCUT2D eigenvalue weighted by molar-refractivity contribution is 8.00. The van der Waals surface area contributed by atoms with Crippen molar-refractivity contribution < 1.29 is 14.0 Å². The monoisotopic (exact) mass is 367 g/mol. The molecule has 1 aliphatic heterocycles. The fourth-order valence-corrected chi connectivity index (χ4v) is 4.01. The van der Waals surface area contributed by atoms with Gasteiger partial charge < -0.3 is 15.1 Å². The van der Waals surface area contributed by atoms with E-state index < -0.39 is 0 Å². The van der Waals surface area contributed by atoms with E-state index in [2.05, 4.69) is 5.32 Å². The van der Waals surface area contributed by atoms with Crippen molar-refractivity contribution in [2.45, 2.75) is 45.2 Å². The van der Waals surface area contributed by atoms with Crippen LogP contribution in [0.3, 0.4) is 0 Å². The van der Waals surface area contributed by atoms with Crippen LogP contribution in [0.25, 0.3) is 0 Å². The molecular formula is C18H26FN3O2S. The number of amides is 3. The van der Waals surface area contributed by atoms with E-state index in [1.165, 1.54) is 17.8 Å². The highest BCUT2D eigenvalue weighted by atomic mass is 32.2. The number of thioether (sulfide) groups is 1. The summed E-state index contributed by atoms with van der Waals surface area (Å²) in [6.45, 7) is 8.49. The Balaban J connectivity index is 2.09. The lowest BCUT2D eigenvalue weighted by Crippen LogP contribution is -2.49. The molecular weight excluding hydrogens is 341 g/mol. The first-order valence-electron chi connectivity index (χ1n) is 8.54. The van der Waals surface area contributed by atoms with E-state index in [0.29, 0.717) is 24.4 Å². The van der Waals surface area contributed by atoms with Crippen molar-refractivity contribution in [2.24, 2.45) is 0 Å². The molecule has 0 unspecified atom stereocenters. The lowest BCUT2D eigenvalue weighted by Gasteiger charge is -2.31. The maximum atomic E-state index is 14.1. The molecule has 25 heavy (non-hydrogen) atoms. The minimum atomic E-state index is -0.337. The van der Waals surface area contributed by atoms with Crippen LogP contribution in [0.1, 0.15) is 38.6 Å². The molecule has 1 fully saturated rings. The molecule has 0 radical (unpaired) electrons. The highest BCUT2D eigenvalue weighted by Gasteiger charge is 2.34. The molecule has 138 valence electrons. The van der Waals surface area contributed by atoms with E-state index >= 15 is 0 Å². The van der Waals surface area contributed by atoms with E-state index in [9.17, 15) is 14.0 Å². The van der Waals surface area contributed by atoms with Gasteiger partial charge in [0.1, 0.15) is 11.2 Å². The SMILES string of the molecule is CC(C)NC(=O)N(CCN1C(=O)CS[C@@H]1c1ccccc1F)C(C)C. The van der Waals surface area contributed by atoms with Crippen LogP contribution in [-0.4, -0.2) is 52.7 Å². The average molecular weight is 367 g/mol. The highest BCUT2D eigenvalue weighted by Crippen LogP contribution is 2.39. The van der Waals surface area contributed by atoms with Crippen LogP contribution in [0.5, 0.6) is 0 Å². The molecule has 0 bridgehead atoms. The number of halogens is 1. The lowest BCUT2D eigenvalue weighted by atomic mass is 10.2. The van der Waals surface area contributed by atoms with Gasteiger partial charge in [-0.2, -0.15) is 0 Å². The summed E-state index contributed by atoms with van der Waals surface area (Å²) in [5.74, 6) is 0.00276. The Kier molecular flexibility index (Phi) is 6.70. The number of urea groups is 1. The van der Waals surface area contributed by atoms with Gasteiger partial charge in [0.15, 0.2) is 0 Å². The first-order valence-corrected chi connectivity index (χ1v) is 9.58. The quantitative estimate of drug-likeness (QED) is 0.840. The minimum Gasteiger partial charge on any atom is -0.336 e. The molecule has 5 nitrogen and oxygen atoms in total. The molecule has 3 amide bonds. The minimum absolute atomic E-state index is 0.0102. The zero-order chi connectivity index (χ0) is 18.6. The van der Waals surface area contributed by atoms with E-state index in [-0.39, 0.29) is 35.2 Å². The smallest absolute Gasteiger partial charge is 0.317 e. The third-order valence-electron chi connectivity index (χ3n) is 4.02. The van der Waals surface area contributed by atoms with Crippen molar-refractivity contribution in [3.63, 3.8) is 0 Å². The van der Waals surface area contributed by atoms with Crippen LogP contribution in [-0.2, 0) is 4.79 Å². The predicted octanol–water partition coefficient (Wildman–Crippen LogP) is 3.23. The molecule has 1 aliphatic rings. The van der Waals surface area contributed by atoms with Gasteiger partial charge in [0, 0.05) is 30.7 Å². The maximum absolute atomic E-state index is 14.1. The Bertz CT molecular complexity index is 624. The number of rotatable bonds is 6. The summed E-state index contributed by atoms with van der Waals surface area (Å²) in [4.78, 5) is 28.0.